The number of hydrogen-bond acceptors (Lipinski definition) is 5. The Morgan fingerprint density at radius 3 is 2.75 bits per heavy atom. The number of furan rings is 1. The predicted octanol–water partition coefficient (Wildman–Crippen LogP) is 2.62. The van der Waals surface area contributed by atoms with Gasteiger partial charge >= 0.3 is 0 Å². The van der Waals surface area contributed by atoms with E-state index in [-0.39, 0.29) is 24.4 Å². The maximum absolute atomic E-state index is 12.9. The fraction of sp³-hybridized carbons (Fsp3) is 0.400. The summed E-state index contributed by atoms with van der Waals surface area (Å²) >= 11 is 0. The van der Waals surface area contributed by atoms with E-state index in [4.69, 9.17) is 4.42 Å². The summed E-state index contributed by atoms with van der Waals surface area (Å²) in [6.07, 6.45) is 5.25. The summed E-state index contributed by atoms with van der Waals surface area (Å²) in [5.41, 5.74) is 1.59. The molecule has 1 fully saturated rings. The van der Waals surface area contributed by atoms with Crippen LogP contribution in [0.5, 0.6) is 0 Å². The Morgan fingerprint density at radius 2 is 2.07 bits per heavy atom. The van der Waals surface area contributed by atoms with Crippen molar-refractivity contribution in [2.75, 3.05) is 19.6 Å². The van der Waals surface area contributed by atoms with Crippen molar-refractivity contribution < 1.29 is 14.0 Å². The van der Waals surface area contributed by atoms with Gasteiger partial charge in [-0.05, 0) is 44.9 Å². The van der Waals surface area contributed by atoms with Gasteiger partial charge in [-0.1, -0.05) is 0 Å². The van der Waals surface area contributed by atoms with Gasteiger partial charge < -0.3 is 14.6 Å². The standard InChI is InChI=1S/C20H23N5O3/c1-13(2)25-19-15(11-22-25)14(10-16(23-19)17-6-5-9-28-17)20(27)21-12-18(26)24-7-3-4-8-24/h5-6,9-11,13H,3-4,7-8,12H2,1-2H3,(H,21,27). The Morgan fingerprint density at radius 1 is 1.29 bits per heavy atom. The minimum absolute atomic E-state index is 0.0168. The maximum atomic E-state index is 12.9. The third-order valence-electron chi connectivity index (χ3n) is 4.93. The highest BCUT2D eigenvalue weighted by Gasteiger charge is 2.22. The van der Waals surface area contributed by atoms with E-state index in [9.17, 15) is 9.59 Å². The Hall–Kier alpha value is -3.16. The maximum Gasteiger partial charge on any atom is 0.252 e. The highest BCUT2D eigenvalue weighted by atomic mass is 16.3. The van der Waals surface area contributed by atoms with Crippen molar-refractivity contribution in [2.45, 2.75) is 32.7 Å². The minimum Gasteiger partial charge on any atom is -0.463 e. The third kappa shape index (κ3) is 3.37. The number of carbonyl (C=O) groups is 2. The Bertz CT molecular complexity index is 1000. The highest BCUT2D eigenvalue weighted by molar-refractivity contribution is 6.07. The van der Waals surface area contributed by atoms with Crippen LogP contribution in [0.2, 0.25) is 0 Å². The molecule has 1 saturated heterocycles. The van der Waals surface area contributed by atoms with Crippen molar-refractivity contribution in [1.29, 1.82) is 0 Å². The van der Waals surface area contributed by atoms with Crippen LogP contribution in [-0.2, 0) is 4.79 Å². The van der Waals surface area contributed by atoms with Gasteiger partial charge in [0.25, 0.3) is 5.91 Å². The Balaban J connectivity index is 1.66. The molecule has 8 nitrogen and oxygen atoms in total. The molecule has 8 heteroatoms. The van der Waals surface area contributed by atoms with Crippen LogP contribution in [0.3, 0.4) is 0 Å². The molecule has 0 radical (unpaired) electrons. The van der Waals surface area contributed by atoms with Crippen molar-refractivity contribution in [3.8, 4) is 11.5 Å². The number of carbonyl (C=O) groups excluding carboxylic acids is 2. The second-order valence-corrected chi connectivity index (χ2v) is 7.22. The van der Waals surface area contributed by atoms with Gasteiger partial charge in [-0.15, -0.1) is 0 Å². The van der Waals surface area contributed by atoms with Crippen LogP contribution in [0.15, 0.2) is 35.1 Å². The average Bonchev–Trinajstić information content (AvgIpc) is 3.45. The summed E-state index contributed by atoms with van der Waals surface area (Å²) in [6, 6.07) is 5.34. The van der Waals surface area contributed by atoms with Gasteiger partial charge in [0.15, 0.2) is 11.4 Å². The van der Waals surface area contributed by atoms with E-state index in [1.165, 1.54) is 0 Å². The van der Waals surface area contributed by atoms with Crippen LogP contribution in [-0.4, -0.2) is 51.1 Å². The number of aromatic nitrogens is 3. The molecule has 0 unspecified atom stereocenters. The molecular weight excluding hydrogens is 358 g/mol. The van der Waals surface area contributed by atoms with Gasteiger partial charge in [-0.2, -0.15) is 5.10 Å². The molecule has 146 valence electrons. The van der Waals surface area contributed by atoms with Crippen molar-refractivity contribution in [3.63, 3.8) is 0 Å². The van der Waals surface area contributed by atoms with Crippen molar-refractivity contribution >= 4 is 22.8 Å². The van der Waals surface area contributed by atoms with Crippen LogP contribution >= 0.6 is 0 Å². The predicted molar refractivity (Wildman–Crippen MR) is 104 cm³/mol. The highest BCUT2D eigenvalue weighted by Crippen LogP contribution is 2.26. The molecule has 0 aromatic carbocycles. The second kappa shape index (κ2) is 7.46. The Kier molecular flexibility index (Phi) is 4.85. The Labute approximate surface area is 162 Å². The number of pyridine rings is 1. The number of nitrogens with zero attached hydrogens (tertiary/aromatic N) is 4. The first-order chi connectivity index (χ1) is 13.5. The molecule has 3 aromatic heterocycles. The molecule has 1 aliphatic heterocycles. The normalized spacial score (nSPS) is 14.2. The number of nitrogens with one attached hydrogen (secondary N) is 1. The fourth-order valence-electron chi connectivity index (χ4n) is 3.46. The molecule has 1 N–H and O–H groups in total. The first kappa shape index (κ1) is 18.2. The van der Waals surface area contributed by atoms with Gasteiger partial charge in [-0.25, -0.2) is 9.67 Å². The number of amides is 2. The first-order valence-electron chi connectivity index (χ1n) is 9.52. The molecule has 4 heterocycles. The van der Waals surface area contributed by atoms with Crippen LogP contribution < -0.4 is 5.32 Å². The molecule has 2 amide bonds. The van der Waals surface area contributed by atoms with Crippen molar-refractivity contribution in [2.24, 2.45) is 0 Å². The van der Waals surface area contributed by atoms with E-state index in [0.717, 1.165) is 25.9 Å². The number of hydrogen-bond donors (Lipinski definition) is 1. The summed E-state index contributed by atoms with van der Waals surface area (Å²) in [7, 11) is 0. The van der Waals surface area contributed by atoms with E-state index in [1.807, 2.05) is 13.8 Å². The van der Waals surface area contributed by atoms with Crippen LogP contribution in [0, 0.1) is 0 Å². The average molecular weight is 381 g/mol. The number of fused-ring (bicyclic) bond motifs is 1. The smallest absolute Gasteiger partial charge is 0.252 e. The topological polar surface area (TPSA) is 93.3 Å². The molecule has 0 bridgehead atoms. The van der Waals surface area contributed by atoms with Crippen LogP contribution in [0.4, 0.5) is 0 Å². The van der Waals surface area contributed by atoms with Gasteiger partial charge in [0.1, 0.15) is 5.69 Å². The van der Waals surface area contributed by atoms with Crippen LogP contribution in [0.1, 0.15) is 43.1 Å². The lowest BCUT2D eigenvalue weighted by Gasteiger charge is -2.15. The summed E-state index contributed by atoms with van der Waals surface area (Å²) in [5, 5.41) is 7.79. The first-order valence-corrected chi connectivity index (χ1v) is 9.52. The molecule has 0 atom stereocenters. The molecule has 0 spiro atoms. The zero-order valence-corrected chi connectivity index (χ0v) is 16.0. The molecular formula is C20H23N5O3. The number of likely N-dealkylation sites (tertiary alicyclic amines) is 1. The van der Waals surface area contributed by atoms with Gasteiger partial charge in [-0.3, -0.25) is 9.59 Å². The molecule has 28 heavy (non-hydrogen) atoms. The van der Waals surface area contributed by atoms with E-state index in [0.29, 0.717) is 28.1 Å². The van der Waals surface area contributed by atoms with E-state index in [1.54, 1.807) is 40.2 Å². The molecule has 4 rings (SSSR count). The molecule has 0 aliphatic carbocycles. The van der Waals surface area contributed by atoms with E-state index in [2.05, 4.69) is 15.4 Å². The van der Waals surface area contributed by atoms with Gasteiger partial charge in [0, 0.05) is 19.1 Å². The molecule has 1 aliphatic rings. The fourth-order valence-corrected chi connectivity index (χ4v) is 3.46. The van der Waals surface area contributed by atoms with Gasteiger partial charge in [0.05, 0.1) is 30.0 Å². The zero-order chi connectivity index (χ0) is 19.7. The number of rotatable bonds is 5. The summed E-state index contributed by atoms with van der Waals surface area (Å²) in [6.45, 7) is 5.51. The largest absolute Gasteiger partial charge is 0.463 e. The molecule has 0 saturated carbocycles. The zero-order valence-electron chi connectivity index (χ0n) is 16.0. The lowest BCUT2D eigenvalue weighted by Crippen LogP contribution is -2.38. The van der Waals surface area contributed by atoms with E-state index < -0.39 is 0 Å². The van der Waals surface area contributed by atoms with Crippen LogP contribution in [0.25, 0.3) is 22.5 Å². The molecule has 3 aromatic rings. The second-order valence-electron chi connectivity index (χ2n) is 7.22. The SMILES string of the molecule is CC(C)n1ncc2c(C(=O)NCC(=O)N3CCCC3)cc(-c3ccco3)nc21. The van der Waals surface area contributed by atoms with Crippen molar-refractivity contribution in [3.05, 3.63) is 36.2 Å². The lowest BCUT2D eigenvalue weighted by molar-refractivity contribution is -0.129. The van der Waals surface area contributed by atoms with E-state index >= 15 is 0 Å². The summed E-state index contributed by atoms with van der Waals surface area (Å²) in [5.74, 6) is 0.192. The monoisotopic (exact) mass is 381 g/mol. The van der Waals surface area contributed by atoms with Gasteiger partial charge in [0.2, 0.25) is 5.91 Å². The van der Waals surface area contributed by atoms with Crippen molar-refractivity contribution in [1.82, 2.24) is 25.0 Å². The lowest BCUT2D eigenvalue weighted by atomic mass is 10.1. The summed E-state index contributed by atoms with van der Waals surface area (Å²) in [4.78, 5) is 31.6. The third-order valence-corrected chi connectivity index (χ3v) is 4.93. The quantitative estimate of drug-likeness (QED) is 0.733. The summed E-state index contributed by atoms with van der Waals surface area (Å²) < 4.78 is 7.23. The minimum atomic E-state index is -0.323.